The minimum absolute atomic E-state index is 0.102. The molecule has 0 fully saturated rings. The summed E-state index contributed by atoms with van der Waals surface area (Å²) in [5.74, 6) is -0.102. The summed E-state index contributed by atoms with van der Waals surface area (Å²) in [6, 6.07) is 0. The third-order valence-electron chi connectivity index (χ3n) is 1.57. The zero-order valence-electron chi connectivity index (χ0n) is 7.66. The molecular formula is C8H12N2O2S. The third-order valence-corrected chi connectivity index (χ3v) is 2.50. The van der Waals surface area contributed by atoms with Gasteiger partial charge in [0, 0.05) is 12.0 Å². The largest absolute Gasteiger partial charge is 0.375 e. The lowest BCUT2D eigenvalue weighted by atomic mass is 10.4. The van der Waals surface area contributed by atoms with Crippen molar-refractivity contribution in [1.82, 2.24) is 10.3 Å². The second-order valence-corrected chi connectivity index (χ2v) is 3.51. The third kappa shape index (κ3) is 3.12. The zero-order chi connectivity index (χ0) is 9.68. The molecule has 0 spiro atoms. The summed E-state index contributed by atoms with van der Waals surface area (Å²) < 4.78 is 4.68. The number of nitrogens with zero attached hydrogens (tertiary/aromatic N) is 1. The molecule has 0 aliphatic rings. The van der Waals surface area contributed by atoms with Crippen molar-refractivity contribution in [2.75, 3.05) is 13.7 Å². The van der Waals surface area contributed by atoms with Crippen LogP contribution in [-0.4, -0.2) is 24.6 Å². The minimum Gasteiger partial charge on any atom is -0.375 e. The highest BCUT2D eigenvalue weighted by molar-refractivity contribution is 7.09. The molecule has 1 aromatic heterocycles. The Bertz CT molecular complexity index is 285. The number of carbonyl (C=O) groups is 1. The molecule has 5 heteroatoms. The van der Waals surface area contributed by atoms with Crippen LogP contribution in [0.15, 0.2) is 5.51 Å². The number of aromatic nitrogens is 1. The average molecular weight is 200 g/mol. The van der Waals surface area contributed by atoms with E-state index in [2.05, 4.69) is 15.0 Å². The lowest BCUT2D eigenvalue weighted by Crippen LogP contribution is -2.26. The monoisotopic (exact) mass is 200 g/mol. The molecule has 0 saturated heterocycles. The zero-order valence-corrected chi connectivity index (χ0v) is 8.48. The Balaban J connectivity index is 2.35. The van der Waals surface area contributed by atoms with Crippen LogP contribution in [-0.2, 0) is 16.1 Å². The lowest BCUT2D eigenvalue weighted by Gasteiger charge is -2.02. The fraction of sp³-hybridized carbons (Fsp3) is 0.500. The number of carbonyl (C=O) groups excluding carboxylic acids is 1. The maximum Gasteiger partial charge on any atom is 0.246 e. The van der Waals surface area contributed by atoms with E-state index in [-0.39, 0.29) is 12.5 Å². The number of thiazole rings is 1. The van der Waals surface area contributed by atoms with Gasteiger partial charge in [-0.3, -0.25) is 4.79 Å². The van der Waals surface area contributed by atoms with Crippen molar-refractivity contribution in [2.24, 2.45) is 0 Å². The summed E-state index contributed by atoms with van der Waals surface area (Å²) in [7, 11) is 1.50. The number of hydrogen-bond donors (Lipinski definition) is 1. The van der Waals surface area contributed by atoms with Crippen LogP contribution in [0.5, 0.6) is 0 Å². The molecule has 1 amide bonds. The van der Waals surface area contributed by atoms with Crippen LogP contribution in [0.3, 0.4) is 0 Å². The van der Waals surface area contributed by atoms with Crippen LogP contribution in [0, 0.1) is 6.92 Å². The van der Waals surface area contributed by atoms with Crippen LogP contribution in [0.1, 0.15) is 10.6 Å². The van der Waals surface area contributed by atoms with Gasteiger partial charge in [-0.15, -0.1) is 11.3 Å². The van der Waals surface area contributed by atoms with Gasteiger partial charge in [0.15, 0.2) is 0 Å². The molecule has 13 heavy (non-hydrogen) atoms. The van der Waals surface area contributed by atoms with Crippen molar-refractivity contribution >= 4 is 17.2 Å². The van der Waals surface area contributed by atoms with E-state index < -0.39 is 0 Å². The molecule has 0 bridgehead atoms. The summed E-state index contributed by atoms with van der Waals surface area (Å²) in [6.07, 6.45) is 0. The molecule has 0 atom stereocenters. The smallest absolute Gasteiger partial charge is 0.246 e. The maximum atomic E-state index is 11.0. The number of nitrogens with one attached hydrogen (secondary N) is 1. The van der Waals surface area contributed by atoms with Crippen LogP contribution in [0.25, 0.3) is 0 Å². The molecule has 72 valence electrons. The Hall–Kier alpha value is -0.940. The van der Waals surface area contributed by atoms with E-state index in [0.29, 0.717) is 6.54 Å². The molecule has 1 aromatic rings. The van der Waals surface area contributed by atoms with Gasteiger partial charge in [-0.05, 0) is 6.92 Å². The predicted molar refractivity (Wildman–Crippen MR) is 50.6 cm³/mol. The lowest BCUT2D eigenvalue weighted by molar-refractivity contribution is -0.124. The molecule has 1 N–H and O–H groups in total. The van der Waals surface area contributed by atoms with Gasteiger partial charge in [0.1, 0.15) is 6.61 Å². The summed E-state index contributed by atoms with van der Waals surface area (Å²) in [4.78, 5) is 16.2. The Kier molecular flexibility index (Phi) is 3.85. The summed E-state index contributed by atoms with van der Waals surface area (Å²) in [6.45, 7) is 2.57. The van der Waals surface area contributed by atoms with Crippen molar-refractivity contribution in [3.05, 3.63) is 16.1 Å². The molecule has 0 aromatic carbocycles. The van der Waals surface area contributed by atoms with Gasteiger partial charge in [0.2, 0.25) is 5.91 Å². The van der Waals surface area contributed by atoms with Crippen LogP contribution in [0.4, 0.5) is 0 Å². The van der Waals surface area contributed by atoms with Gasteiger partial charge in [0.25, 0.3) is 0 Å². The molecule has 0 aliphatic carbocycles. The molecular weight excluding hydrogens is 188 g/mol. The average Bonchev–Trinajstić information content (AvgIpc) is 2.48. The molecule has 0 saturated carbocycles. The molecule has 0 radical (unpaired) electrons. The van der Waals surface area contributed by atoms with Gasteiger partial charge >= 0.3 is 0 Å². The first-order chi connectivity index (χ1) is 6.24. The number of rotatable bonds is 4. The second kappa shape index (κ2) is 4.94. The van der Waals surface area contributed by atoms with Gasteiger partial charge in [0.05, 0.1) is 17.7 Å². The van der Waals surface area contributed by atoms with E-state index in [1.165, 1.54) is 7.11 Å². The first-order valence-electron chi connectivity index (χ1n) is 3.88. The molecule has 0 aliphatic heterocycles. The highest BCUT2D eigenvalue weighted by Crippen LogP contribution is 2.10. The van der Waals surface area contributed by atoms with Crippen molar-refractivity contribution in [1.29, 1.82) is 0 Å². The van der Waals surface area contributed by atoms with Crippen molar-refractivity contribution in [3.8, 4) is 0 Å². The highest BCUT2D eigenvalue weighted by Gasteiger charge is 2.03. The Labute approximate surface area is 80.9 Å². The quantitative estimate of drug-likeness (QED) is 0.779. The SMILES string of the molecule is COCC(=O)NCc1scnc1C. The maximum absolute atomic E-state index is 11.0. The second-order valence-electron chi connectivity index (χ2n) is 2.57. The van der Waals surface area contributed by atoms with E-state index in [4.69, 9.17) is 0 Å². The molecule has 1 rings (SSSR count). The van der Waals surface area contributed by atoms with E-state index in [9.17, 15) is 4.79 Å². The topological polar surface area (TPSA) is 51.2 Å². The van der Waals surface area contributed by atoms with Gasteiger partial charge in [-0.1, -0.05) is 0 Å². The number of amides is 1. The molecule has 1 heterocycles. The van der Waals surface area contributed by atoms with E-state index in [1.807, 2.05) is 6.92 Å². The van der Waals surface area contributed by atoms with Gasteiger partial charge in [-0.2, -0.15) is 0 Å². The standard InChI is InChI=1S/C8H12N2O2S/c1-6-7(13-5-10-6)3-9-8(11)4-12-2/h5H,3-4H2,1-2H3,(H,9,11). The normalized spacial score (nSPS) is 10.0. The Morgan fingerprint density at radius 1 is 1.77 bits per heavy atom. The summed E-state index contributed by atoms with van der Waals surface area (Å²) in [5, 5.41) is 2.73. The van der Waals surface area contributed by atoms with Crippen molar-refractivity contribution < 1.29 is 9.53 Å². The van der Waals surface area contributed by atoms with E-state index >= 15 is 0 Å². The van der Waals surface area contributed by atoms with Crippen molar-refractivity contribution in [3.63, 3.8) is 0 Å². The van der Waals surface area contributed by atoms with Gasteiger partial charge < -0.3 is 10.1 Å². The predicted octanol–water partition coefficient (Wildman–Crippen LogP) is 0.714. The van der Waals surface area contributed by atoms with E-state index in [0.717, 1.165) is 10.6 Å². The Morgan fingerprint density at radius 2 is 2.54 bits per heavy atom. The molecule has 0 unspecified atom stereocenters. The first kappa shape index (κ1) is 10.1. The molecule has 4 nitrogen and oxygen atoms in total. The van der Waals surface area contributed by atoms with Crippen LogP contribution >= 0.6 is 11.3 Å². The van der Waals surface area contributed by atoms with Gasteiger partial charge in [-0.25, -0.2) is 4.98 Å². The Morgan fingerprint density at radius 3 is 3.08 bits per heavy atom. The van der Waals surface area contributed by atoms with Crippen LogP contribution in [0.2, 0.25) is 0 Å². The fourth-order valence-corrected chi connectivity index (χ4v) is 1.57. The highest BCUT2D eigenvalue weighted by atomic mass is 32.1. The number of hydrogen-bond acceptors (Lipinski definition) is 4. The number of ether oxygens (including phenoxy) is 1. The fourth-order valence-electron chi connectivity index (χ4n) is 0.857. The summed E-state index contributed by atoms with van der Waals surface area (Å²) >= 11 is 1.54. The number of aryl methyl sites for hydroxylation is 1. The van der Waals surface area contributed by atoms with E-state index in [1.54, 1.807) is 16.8 Å². The number of methoxy groups -OCH3 is 1. The summed E-state index contributed by atoms with van der Waals surface area (Å²) in [5.41, 5.74) is 2.75. The van der Waals surface area contributed by atoms with Crippen molar-refractivity contribution in [2.45, 2.75) is 13.5 Å². The first-order valence-corrected chi connectivity index (χ1v) is 4.76. The van der Waals surface area contributed by atoms with Crippen LogP contribution < -0.4 is 5.32 Å². The minimum atomic E-state index is -0.102.